The molecule has 0 unspecified atom stereocenters. The second kappa shape index (κ2) is 6.58. The Balaban J connectivity index is 1.48. The van der Waals surface area contributed by atoms with Gasteiger partial charge in [0.1, 0.15) is 5.75 Å². The number of ether oxygens (including phenoxy) is 1. The smallest absolute Gasteiger partial charge is 0.198 e. The lowest BCUT2D eigenvalue weighted by atomic mass is 9.93. The fourth-order valence-corrected chi connectivity index (χ4v) is 6.44. The summed E-state index contributed by atoms with van der Waals surface area (Å²) in [5, 5.41) is 9.98. The number of hydrazone groups is 1. The van der Waals surface area contributed by atoms with Crippen molar-refractivity contribution in [1.29, 1.82) is 0 Å². The molecule has 0 bridgehead atoms. The van der Waals surface area contributed by atoms with Gasteiger partial charge < -0.3 is 4.74 Å². The molecule has 0 N–H and O–H groups in total. The quantitative estimate of drug-likeness (QED) is 0.345. The summed E-state index contributed by atoms with van der Waals surface area (Å²) >= 11 is 7.40. The van der Waals surface area contributed by atoms with E-state index in [2.05, 4.69) is 91.5 Å². The van der Waals surface area contributed by atoms with Crippen LogP contribution in [0.5, 0.6) is 5.75 Å². The summed E-state index contributed by atoms with van der Waals surface area (Å²) in [7, 11) is 0. The van der Waals surface area contributed by atoms with Gasteiger partial charge >= 0.3 is 0 Å². The number of nitrogens with zero attached hydrogens (tertiary/aromatic N) is 2. The molecular weight excluding hydrogens is 492 g/mol. The highest BCUT2D eigenvalue weighted by Crippen LogP contribution is 2.54. The Kier molecular flexibility index (Phi) is 4.07. The van der Waals surface area contributed by atoms with Crippen LogP contribution in [0.2, 0.25) is 0 Å². The minimum atomic E-state index is -0.313. The molecule has 1 fully saturated rings. The molecular formula is C24H20Br2N2O. The second-order valence-electron chi connectivity index (χ2n) is 8.23. The van der Waals surface area contributed by atoms with Crippen molar-refractivity contribution in [3.05, 3.63) is 74.7 Å². The highest BCUT2D eigenvalue weighted by atomic mass is 79.9. The molecule has 2 aliphatic heterocycles. The van der Waals surface area contributed by atoms with Gasteiger partial charge in [-0.3, -0.25) is 0 Å². The first-order chi connectivity index (χ1) is 14.1. The van der Waals surface area contributed by atoms with Gasteiger partial charge in [0.2, 0.25) is 0 Å². The van der Waals surface area contributed by atoms with Gasteiger partial charge in [-0.2, -0.15) is 5.10 Å². The van der Waals surface area contributed by atoms with Crippen LogP contribution in [0.15, 0.2) is 68.6 Å². The maximum Gasteiger partial charge on any atom is 0.198 e. The van der Waals surface area contributed by atoms with E-state index >= 15 is 0 Å². The van der Waals surface area contributed by atoms with Gasteiger partial charge in [-0.05, 0) is 63.3 Å². The molecule has 2 heterocycles. The van der Waals surface area contributed by atoms with E-state index in [1.807, 2.05) is 0 Å². The molecule has 0 radical (unpaired) electrons. The summed E-state index contributed by atoms with van der Waals surface area (Å²) in [6, 6.07) is 19.7. The van der Waals surface area contributed by atoms with Crippen LogP contribution in [0.3, 0.4) is 0 Å². The van der Waals surface area contributed by atoms with Gasteiger partial charge in [-0.1, -0.05) is 52.3 Å². The summed E-state index contributed by atoms with van der Waals surface area (Å²) in [5.74, 6) is 0.992. The van der Waals surface area contributed by atoms with Crippen LogP contribution < -0.4 is 4.74 Å². The van der Waals surface area contributed by atoms with Gasteiger partial charge in [-0.25, -0.2) is 5.01 Å². The number of hydrogen-bond donors (Lipinski definition) is 0. The Morgan fingerprint density at radius 2 is 1.76 bits per heavy atom. The lowest BCUT2D eigenvalue weighted by Crippen LogP contribution is -2.51. The molecule has 0 saturated heterocycles. The van der Waals surface area contributed by atoms with Gasteiger partial charge in [0.15, 0.2) is 5.72 Å². The van der Waals surface area contributed by atoms with Crippen LogP contribution in [0, 0.1) is 0 Å². The predicted octanol–water partition coefficient (Wildman–Crippen LogP) is 7.18. The van der Waals surface area contributed by atoms with Crippen LogP contribution in [0.25, 0.3) is 10.8 Å². The van der Waals surface area contributed by atoms with Crippen molar-refractivity contribution < 1.29 is 4.74 Å². The lowest BCUT2D eigenvalue weighted by Gasteiger charge is -2.46. The van der Waals surface area contributed by atoms with E-state index < -0.39 is 0 Å². The van der Waals surface area contributed by atoms with Crippen molar-refractivity contribution in [3.8, 4) is 5.75 Å². The Morgan fingerprint density at radius 1 is 0.966 bits per heavy atom. The van der Waals surface area contributed by atoms with E-state index in [9.17, 15) is 0 Å². The summed E-state index contributed by atoms with van der Waals surface area (Å²) in [6.07, 6.45) is 5.33. The summed E-state index contributed by atoms with van der Waals surface area (Å²) in [5.41, 5.74) is 3.26. The van der Waals surface area contributed by atoms with Crippen molar-refractivity contribution in [2.45, 2.75) is 43.9 Å². The molecule has 1 aliphatic carbocycles. The first-order valence-electron chi connectivity index (χ1n) is 10.2. The largest absolute Gasteiger partial charge is 0.465 e. The molecule has 1 spiro atoms. The molecule has 6 rings (SSSR count). The van der Waals surface area contributed by atoms with E-state index in [4.69, 9.17) is 9.84 Å². The van der Waals surface area contributed by atoms with Crippen molar-refractivity contribution >= 4 is 48.3 Å². The van der Waals surface area contributed by atoms with Crippen LogP contribution in [0.4, 0.5) is 0 Å². The molecule has 3 aromatic carbocycles. The normalized spacial score (nSPS) is 21.8. The minimum Gasteiger partial charge on any atom is -0.465 e. The van der Waals surface area contributed by atoms with Gasteiger partial charge in [0.05, 0.1) is 16.2 Å². The summed E-state index contributed by atoms with van der Waals surface area (Å²) in [4.78, 5) is 0. The molecule has 29 heavy (non-hydrogen) atoms. The molecule has 0 amide bonds. The lowest BCUT2D eigenvalue weighted by molar-refractivity contribution is -0.114. The molecule has 3 aromatic rings. The number of hydrogen-bond acceptors (Lipinski definition) is 3. The standard InChI is InChI=1S/C24H20Br2N2O/c25-18-12-19-22-14-21(17-8-7-15-5-1-2-6-16(15)11-17)27-28(22)24(9-3-4-10-24)29-23(19)20(26)13-18/h1-2,5-8,11-13,22H,3-4,9-10,14H2/t22-/m0/s1. The monoisotopic (exact) mass is 510 g/mol. The van der Waals surface area contributed by atoms with Crippen molar-refractivity contribution in [2.24, 2.45) is 5.10 Å². The average Bonchev–Trinajstić information content (AvgIpc) is 3.37. The van der Waals surface area contributed by atoms with E-state index in [0.29, 0.717) is 0 Å². The molecule has 0 aromatic heterocycles. The summed E-state index contributed by atoms with van der Waals surface area (Å²) < 4.78 is 8.77. The molecule has 5 heteroatoms. The van der Waals surface area contributed by atoms with Crippen LogP contribution in [-0.2, 0) is 0 Å². The topological polar surface area (TPSA) is 24.8 Å². The van der Waals surface area contributed by atoms with Gasteiger partial charge in [0, 0.05) is 29.3 Å². The minimum absolute atomic E-state index is 0.215. The van der Waals surface area contributed by atoms with Gasteiger partial charge in [-0.15, -0.1) is 0 Å². The first-order valence-corrected chi connectivity index (χ1v) is 11.8. The molecule has 3 nitrogen and oxygen atoms in total. The number of benzene rings is 3. The second-order valence-corrected chi connectivity index (χ2v) is 10.0. The van der Waals surface area contributed by atoms with Crippen molar-refractivity contribution in [1.82, 2.24) is 5.01 Å². The SMILES string of the molecule is Brc1cc(Br)c2c(c1)[C@@H]1CC(c3ccc4ccccc4c3)=NN1C1(CCCC1)O2. The van der Waals surface area contributed by atoms with E-state index in [0.717, 1.165) is 39.7 Å². The summed E-state index contributed by atoms with van der Waals surface area (Å²) in [6.45, 7) is 0. The Morgan fingerprint density at radius 3 is 2.59 bits per heavy atom. The van der Waals surface area contributed by atoms with E-state index in [-0.39, 0.29) is 11.8 Å². The predicted molar refractivity (Wildman–Crippen MR) is 123 cm³/mol. The molecule has 146 valence electrons. The van der Waals surface area contributed by atoms with E-state index in [1.165, 1.54) is 34.7 Å². The zero-order chi connectivity index (χ0) is 19.6. The highest BCUT2D eigenvalue weighted by molar-refractivity contribution is 9.11. The van der Waals surface area contributed by atoms with Crippen molar-refractivity contribution in [2.75, 3.05) is 0 Å². The third-order valence-electron chi connectivity index (χ3n) is 6.48. The fourth-order valence-electron chi connectivity index (χ4n) is 5.10. The van der Waals surface area contributed by atoms with Crippen LogP contribution >= 0.6 is 31.9 Å². The van der Waals surface area contributed by atoms with Crippen LogP contribution in [-0.4, -0.2) is 16.4 Å². The maximum absolute atomic E-state index is 6.69. The molecule has 1 saturated carbocycles. The molecule has 1 atom stereocenters. The zero-order valence-electron chi connectivity index (χ0n) is 15.9. The molecule has 3 aliphatic rings. The third-order valence-corrected chi connectivity index (χ3v) is 7.53. The number of rotatable bonds is 1. The van der Waals surface area contributed by atoms with Crippen molar-refractivity contribution in [3.63, 3.8) is 0 Å². The zero-order valence-corrected chi connectivity index (χ0v) is 19.0. The van der Waals surface area contributed by atoms with Crippen LogP contribution in [0.1, 0.15) is 49.3 Å². The number of halogens is 2. The van der Waals surface area contributed by atoms with E-state index in [1.54, 1.807) is 0 Å². The highest BCUT2D eigenvalue weighted by Gasteiger charge is 2.52. The Labute approximate surface area is 187 Å². The Bertz CT molecular complexity index is 1170. The third kappa shape index (κ3) is 2.77. The number of fused-ring (bicyclic) bond motifs is 5. The average molecular weight is 512 g/mol. The Hall–Kier alpha value is -1.85. The fraction of sp³-hybridized carbons (Fsp3) is 0.292. The van der Waals surface area contributed by atoms with Gasteiger partial charge in [0.25, 0.3) is 0 Å². The first kappa shape index (κ1) is 18.0. The maximum atomic E-state index is 6.69.